The summed E-state index contributed by atoms with van der Waals surface area (Å²) >= 11 is 0. The van der Waals surface area contributed by atoms with E-state index in [1.165, 1.54) is 20.3 Å². The summed E-state index contributed by atoms with van der Waals surface area (Å²) in [7, 11) is 4.44. The first kappa shape index (κ1) is 23.8. The van der Waals surface area contributed by atoms with Gasteiger partial charge >= 0.3 is 5.97 Å². The van der Waals surface area contributed by atoms with Crippen LogP contribution in [0.1, 0.15) is 31.0 Å². The van der Waals surface area contributed by atoms with E-state index in [2.05, 4.69) is 10.1 Å². The van der Waals surface area contributed by atoms with Crippen molar-refractivity contribution in [3.63, 3.8) is 0 Å². The van der Waals surface area contributed by atoms with Crippen molar-refractivity contribution in [2.24, 2.45) is 5.92 Å². The second-order valence-electron chi connectivity index (χ2n) is 7.12. The molecule has 0 fully saturated rings. The van der Waals surface area contributed by atoms with Crippen LogP contribution in [0, 0.1) is 5.92 Å². The van der Waals surface area contributed by atoms with Crippen molar-refractivity contribution in [1.82, 2.24) is 5.32 Å². The summed E-state index contributed by atoms with van der Waals surface area (Å²) in [5.74, 6) is 1.14. The van der Waals surface area contributed by atoms with Gasteiger partial charge in [-0.3, -0.25) is 4.79 Å². The topological polar surface area (TPSA) is 83.1 Å². The van der Waals surface area contributed by atoms with Gasteiger partial charge in [0.15, 0.2) is 18.1 Å². The van der Waals surface area contributed by atoms with Crippen molar-refractivity contribution in [2.75, 3.05) is 27.9 Å². The average molecular weight is 427 g/mol. The van der Waals surface area contributed by atoms with Gasteiger partial charge in [0.25, 0.3) is 5.91 Å². The van der Waals surface area contributed by atoms with Crippen molar-refractivity contribution in [1.29, 1.82) is 0 Å². The van der Waals surface area contributed by atoms with Crippen LogP contribution in [-0.4, -0.2) is 39.8 Å². The number of nitrogens with one attached hydrogen (secondary N) is 1. The van der Waals surface area contributed by atoms with Gasteiger partial charge in [-0.2, -0.15) is 0 Å². The molecule has 7 heteroatoms. The summed E-state index contributed by atoms with van der Waals surface area (Å²) < 4.78 is 20.8. The van der Waals surface area contributed by atoms with E-state index in [0.29, 0.717) is 11.5 Å². The Kier molecular flexibility index (Phi) is 8.94. The molecule has 0 aliphatic heterocycles. The van der Waals surface area contributed by atoms with Crippen molar-refractivity contribution in [3.8, 4) is 17.2 Å². The number of amides is 1. The van der Waals surface area contributed by atoms with Crippen LogP contribution in [0.5, 0.6) is 17.2 Å². The molecule has 0 heterocycles. The highest BCUT2D eigenvalue weighted by Gasteiger charge is 2.19. The quantitative estimate of drug-likeness (QED) is 0.459. The molecule has 2 rings (SSSR count). The SMILES string of the molecule is COC(=O)/C=C/c1ccc(OCC(=O)NC(c2ccc(OC)cc2)C(C)C)c(OC)c1. The second kappa shape index (κ2) is 11.6. The van der Waals surface area contributed by atoms with E-state index in [1.807, 2.05) is 38.1 Å². The molecule has 0 saturated carbocycles. The molecule has 0 aliphatic carbocycles. The molecule has 0 bridgehead atoms. The zero-order chi connectivity index (χ0) is 22.8. The minimum atomic E-state index is -0.451. The fourth-order valence-corrected chi connectivity index (χ4v) is 2.94. The van der Waals surface area contributed by atoms with Crippen LogP contribution in [0.15, 0.2) is 48.5 Å². The summed E-state index contributed by atoms with van der Waals surface area (Å²) in [5, 5.41) is 3.02. The number of methoxy groups -OCH3 is 3. The van der Waals surface area contributed by atoms with Gasteiger partial charge in [0.1, 0.15) is 5.75 Å². The highest BCUT2D eigenvalue weighted by Crippen LogP contribution is 2.29. The maximum Gasteiger partial charge on any atom is 0.330 e. The molecular formula is C24H29NO6. The van der Waals surface area contributed by atoms with E-state index in [1.54, 1.807) is 31.4 Å². The van der Waals surface area contributed by atoms with Crippen LogP contribution in [0.3, 0.4) is 0 Å². The van der Waals surface area contributed by atoms with E-state index in [0.717, 1.165) is 16.9 Å². The third-order valence-electron chi connectivity index (χ3n) is 4.62. The fourth-order valence-electron chi connectivity index (χ4n) is 2.94. The minimum Gasteiger partial charge on any atom is -0.497 e. The molecule has 2 aromatic rings. The van der Waals surface area contributed by atoms with Crippen LogP contribution in [0.2, 0.25) is 0 Å². The molecular weight excluding hydrogens is 398 g/mol. The third-order valence-corrected chi connectivity index (χ3v) is 4.62. The number of ether oxygens (including phenoxy) is 4. The van der Waals surface area contributed by atoms with Crippen molar-refractivity contribution in [3.05, 3.63) is 59.7 Å². The Morgan fingerprint density at radius 2 is 1.68 bits per heavy atom. The van der Waals surface area contributed by atoms with Gasteiger partial charge in [-0.15, -0.1) is 0 Å². The Labute approximate surface area is 183 Å². The minimum absolute atomic E-state index is 0.158. The lowest BCUT2D eigenvalue weighted by atomic mass is 9.96. The standard InChI is InChI=1S/C24H29NO6/c1-16(2)24(18-8-10-19(28-3)11-9-18)25-22(26)15-31-20-12-6-17(14-21(20)29-4)7-13-23(27)30-5/h6-14,16,24H,15H2,1-5H3,(H,25,26)/b13-7+. The van der Waals surface area contributed by atoms with E-state index in [-0.39, 0.29) is 24.5 Å². The summed E-state index contributed by atoms with van der Waals surface area (Å²) in [6, 6.07) is 12.6. The van der Waals surface area contributed by atoms with E-state index < -0.39 is 5.97 Å². The maximum absolute atomic E-state index is 12.5. The van der Waals surface area contributed by atoms with E-state index >= 15 is 0 Å². The first-order valence-electron chi connectivity index (χ1n) is 9.88. The first-order chi connectivity index (χ1) is 14.9. The molecule has 0 spiro atoms. The molecule has 0 aromatic heterocycles. The summed E-state index contributed by atoms with van der Waals surface area (Å²) in [4.78, 5) is 23.8. The Hall–Kier alpha value is -3.48. The predicted octanol–water partition coefficient (Wildman–Crippen LogP) is 3.78. The molecule has 1 N–H and O–H groups in total. The van der Waals surface area contributed by atoms with Gasteiger partial charge in [0.2, 0.25) is 0 Å². The molecule has 31 heavy (non-hydrogen) atoms. The highest BCUT2D eigenvalue weighted by atomic mass is 16.5. The zero-order valence-corrected chi connectivity index (χ0v) is 18.5. The van der Waals surface area contributed by atoms with Gasteiger partial charge in [-0.1, -0.05) is 32.0 Å². The Morgan fingerprint density at radius 3 is 2.26 bits per heavy atom. The normalized spacial score (nSPS) is 11.8. The zero-order valence-electron chi connectivity index (χ0n) is 18.5. The molecule has 1 amide bonds. The molecule has 1 unspecified atom stereocenters. The van der Waals surface area contributed by atoms with Crippen molar-refractivity contribution < 1.29 is 28.5 Å². The third kappa shape index (κ3) is 7.06. The number of hydrogen-bond acceptors (Lipinski definition) is 6. The lowest BCUT2D eigenvalue weighted by molar-refractivity contribution is -0.134. The first-order valence-corrected chi connectivity index (χ1v) is 9.88. The van der Waals surface area contributed by atoms with Gasteiger partial charge in [0.05, 0.1) is 27.4 Å². The Bertz CT molecular complexity index is 905. The van der Waals surface area contributed by atoms with Crippen molar-refractivity contribution in [2.45, 2.75) is 19.9 Å². The van der Waals surface area contributed by atoms with Crippen LogP contribution in [0.25, 0.3) is 6.08 Å². The van der Waals surface area contributed by atoms with Gasteiger partial charge in [-0.05, 0) is 47.4 Å². The largest absolute Gasteiger partial charge is 0.497 e. The smallest absolute Gasteiger partial charge is 0.330 e. The molecule has 166 valence electrons. The maximum atomic E-state index is 12.5. The summed E-state index contributed by atoms with van der Waals surface area (Å²) in [6.45, 7) is 3.92. The average Bonchev–Trinajstić information content (AvgIpc) is 2.79. The lowest BCUT2D eigenvalue weighted by Crippen LogP contribution is -2.35. The van der Waals surface area contributed by atoms with Crippen LogP contribution < -0.4 is 19.5 Å². The summed E-state index contributed by atoms with van der Waals surface area (Å²) in [5.41, 5.74) is 1.72. The van der Waals surface area contributed by atoms with Crippen LogP contribution in [0.4, 0.5) is 0 Å². The van der Waals surface area contributed by atoms with Gasteiger partial charge < -0.3 is 24.3 Å². The van der Waals surface area contributed by atoms with Crippen molar-refractivity contribution >= 4 is 18.0 Å². The highest BCUT2D eigenvalue weighted by molar-refractivity contribution is 5.87. The predicted molar refractivity (Wildman–Crippen MR) is 118 cm³/mol. The molecule has 2 aromatic carbocycles. The number of carbonyl (C=O) groups is 2. The summed E-state index contributed by atoms with van der Waals surface area (Å²) in [6.07, 6.45) is 2.92. The van der Waals surface area contributed by atoms with Gasteiger partial charge in [0, 0.05) is 6.08 Å². The van der Waals surface area contributed by atoms with E-state index in [9.17, 15) is 9.59 Å². The monoisotopic (exact) mass is 427 g/mol. The Morgan fingerprint density at radius 1 is 0.968 bits per heavy atom. The number of benzene rings is 2. The number of esters is 1. The number of carbonyl (C=O) groups excluding carboxylic acids is 2. The van der Waals surface area contributed by atoms with E-state index in [4.69, 9.17) is 14.2 Å². The number of rotatable bonds is 10. The van der Waals surface area contributed by atoms with Crippen LogP contribution >= 0.6 is 0 Å². The second-order valence-corrected chi connectivity index (χ2v) is 7.12. The fraction of sp³-hybridized carbons (Fsp3) is 0.333. The van der Waals surface area contributed by atoms with Gasteiger partial charge in [-0.25, -0.2) is 4.79 Å². The van der Waals surface area contributed by atoms with Crippen LogP contribution in [-0.2, 0) is 14.3 Å². The molecule has 1 atom stereocenters. The molecule has 0 aliphatic rings. The molecule has 0 radical (unpaired) electrons. The lowest BCUT2D eigenvalue weighted by Gasteiger charge is -2.23. The molecule has 7 nitrogen and oxygen atoms in total. The molecule has 0 saturated heterocycles. The Balaban J connectivity index is 2.03. The number of hydrogen-bond donors (Lipinski definition) is 1.